The highest BCUT2D eigenvalue weighted by atomic mass is 79.9. The molecule has 0 aliphatic carbocycles. The number of allylic oxidation sites excluding steroid dienone is 3. The van der Waals surface area contributed by atoms with E-state index in [0.29, 0.717) is 5.92 Å². The second-order valence-corrected chi connectivity index (χ2v) is 6.01. The summed E-state index contributed by atoms with van der Waals surface area (Å²) in [6.45, 7) is 4.87. The SMILES string of the molecule is CC(C)CNC(=O)/C=C/C=CCCc1ccc(Br)cc1. The maximum atomic E-state index is 11.4. The van der Waals surface area contributed by atoms with Gasteiger partial charge >= 0.3 is 0 Å². The highest BCUT2D eigenvalue weighted by Gasteiger charge is 1.96. The minimum Gasteiger partial charge on any atom is -0.352 e. The van der Waals surface area contributed by atoms with Gasteiger partial charge in [-0.1, -0.05) is 60.1 Å². The third-order valence-electron chi connectivity index (χ3n) is 2.69. The van der Waals surface area contributed by atoms with Gasteiger partial charge in [-0.15, -0.1) is 0 Å². The van der Waals surface area contributed by atoms with Gasteiger partial charge in [0.2, 0.25) is 5.91 Å². The molecule has 0 unspecified atom stereocenters. The Hall–Kier alpha value is -1.35. The van der Waals surface area contributed by atoms with Crippen LogP contribution < -0.4 is 5.32 Å². The number of aryl methyl sites for hydroxylation is 1. The summed E-state index contributed by atoms with van der Waals surface area (Å²) in [6, 6.07) is 8.34. The summed E-state index contributed by atoms with van der Waals surface area (Å²) in [6.07, 6.45) is 9.34. The van der Waals surface area contributed by atoms with Crippen molar-refractivity contribution in [1.29, 1.82) is 0 Å². The average molecular weight is 336 g/mol. The maximum Gasteiger partial charge on any atom is 0.243 e. The fourth-order valence-electron chi connectivity index (χ4n) is 1.58. The minimum absolute atomic E-state index is 0.0312. The molecule has 1 rings (SSSR count). The number of amides is 1. The summed E-state index contributed by atoms with van der Waals surface area (Å²) in [5.74, 6) is 0.449. The molecule has 0 atom stereocenters. The Morgan fingerprint density at radius 1 is 1.25 bits per heavy atom. The van der Waals surface area contributed by atoms with Gasteiger partial charge in [-0.2, -0.15) is 0 Å². The molecule has 3 heteroatoms. The highest BCUT2D eigenvalue weighted by Crippen LogP contribution is 2.11. The standard InChI is InChI=1S/C17H22BrNO/c1-14(2)13-19-17(20)8-6-4-3-5-7-15-9-11-16(18)12-10-15/h3-4,6,8-12,14H,5,7,13H2,1-2H3,(H,19,20)/b4-3?,8-6+. The summed E-state index contributed by atoms with van der Waals surface area (Å²) in [5.41, 5.74) is 1.32. The van der Waals surface area contributed by atoms with Crippen LogP contribution in [0.4, 0.5) is 0 Å². The van der Waals surface area contributed by atoms with Crippen molar-refractivity contribution in [3.63, 3.8) is 0 Å². The van der Waals surface area contributed by atoms with E-state index in [9.17, 15) is 4.79 Å². The van der Waals surface area contributed by atoms with Gasteiger partial charge in [0.25, 0.3) is 0 Å². The second kappa shape index (κ2) is 9.54. The van der Waals surface area contributed by atoms with Crippen LogP contribution in [-0.4, -0.2) is 12.5 Å². The summed E-state index contributed by atoms with van der Waals surface area (Å²) < 4.78 is 1.10. The molecule has 0 saturated heterocycles. The zero-order valence-corrected chi connectivity index (χ0v) is 13.7. The number of benzene rings is 1. The molecule has 0 heterocycles. The summed E-state index contributed by atoms with van der Waals surface area (Å²) in [4.78, 5) is 11.4. The van der Waals surface area contributed by atoms with Gasteiger partial charge in [-0.3, -0.25) is 4.79 Å². The van der Waals surface area contributed by atoms with Crippen LogP contribution >= 0.6 is 15.9 Å². The zero-order valence-electron chi connectivity index (χ0n) is 12.1. The molecule has 1 aromatic rings. The van der Waals surface area contributed by atoms with E-state index >= 15 is 0 Å². The quantitative estimate of drug-likeness (QED) is 0.585. The average Bonchev–Trinajstić information content (AvgIpc) is 2.42. The Kier molecular flexibility index (Phi) is 7.97. The number of halogens is 1. The van der Waals surface area contributed by atoms with E-state index in [1.54, 1.807) is 12.2 Å². The van der Waals surface area contributed by atoms with Crippen molar-refractivity contribution in [3.8, 4) is 0 Å². The van der Waals surface area contributed by atoms with Crippen LogP contribution in [0.1, 0.15) is 25.8 Å². The predicted molar refractivity (Wildman–Crippen MR) is 88.6 cm³/mol. The molecule has 0 spiro atoms. The van der Waals surface area contributed by atoms with Crippen molar-refractivity contribution in [1.82, 2.24) is 5.32 Å². The number of carbonyl (C=O) groups is 1. The lowest BCUT2D eigenvalue weighted by Crippen LogP contribution is -2.25. The molecule has 0 aliphatic rings. The molecular formula is C17H22BrNO. The number of carbonyl (C=O) groups excluding carboxylic acids is 1. The van der Waals surface area contributed by atoms with E-state index in [1.807, 2.05) is 6.08 Å². The van der Waals surface area contributed by atoms with E-state index in [1.165, 1.54) is 5.56 Å². The summed E-state index contributed by atoms with van der Waals surface area (Å²) in [7, 11) is 0. The van der Waals surface area contributed by atoms with Crippen LogP contribution in [0, 0.1) is 5.92 Å². The Morgan fingerprint density at radius 3 is 2.60 bits per heavy atom. The third-order valence-corrected chi connectivity index (χ3v) is 3.22. The normalized spacial score (nSPS) is 11.6. The fraction of sp³-hybridized carbons (Fsp3) is 0.353. The van der Waals surface area contributed by atoms with Crippen LogP contribution in [-0.2, 0) is 11.2 Å². The third kappa shape index (κ3) is 7.95. The Balaban J connectivity index is 2.21. The Bertz CT molecular complexity index is 460. The summed E-state index contributed by atoms with van der Waals surface area (Å²) >= 11 is 3.42. The van der Waals surface area contributed by atoms with E-state index in [4.69, 9.17) is 0 Å². The summed E-state index contributed by atoms with van der Waals surface area (Å²) in [5, 5.41) is 2.84. The van der Waals surface area contributed by atoms with Gasteiger partial charge < -0.3 is 5.32 Å². The van der Waals surface area contributed by atoms with E-state index in [2.05, 4.69) is 65.4 Å². The van der Waals surface area contributed by atoms with Crippen molar-refractivity contribution >= 4 is 21.8 Å². The zero-order chi connectivity index (χ0) is 14.8. The maximum absolute atomic E-state index is 11.4. The van der Waals surface area contributed by atoms with Crippen molar-refractivity contribution in [3.05, 3.63) is 58.6 Å². The second-order valence-electron chi connectivity index (χ2n) is 5.09. The topological polar surface area (TPSA) is 29.1 Å². The minimum atomic E-state index is -0.0312. The van der Waals surface area contributed by atoms with Crippen LogP contribution in [0.25, 0.3) is 0 Å². The molecule has 1 N–H and O–H groups in total. The molecule has 108 valence electrons. The van der Waals surface area contributed by atoms with E-state index in [-0.39, 0.29) is 5.91 Å². The van der Waals surface area contributed by atoms with Crippen molar-refractivity contribution in [2.75, 3.05) is 6.54 Å². The number of rotatable bonds is 7. The molecule has 0 saturated carbocycles. The van der Waals surface area contributed by atoms with Crippen LogP contribution in [0.15, 0.2) is 53.0 Å². The lowest BCUT2D eigenvalue weighted by Gasteiger charge is -2.03. The number of nitrogens with one attached hydrogen (secondary N) is 1. The predicted octanol–water partition coefficient (Wildman–Crippen LogP) is 4.27. The first-order valence-corrected chi connectivity index (χ1v) is 7.72. The number of hydrogen-bond acceptors (Lipinski definition) is 1. The van der Waals surface area contributed by atoms with Crippen molar-refractivity contribution in [2.24, 2.45) is 5.92 Å². The highest BCUT2D eigenvalue weighted by molar-refractivity contribution is 9.10. The van der Waals surface area contributed by atoms with Gasteiger partial charge in [0.1, 0.15) is 0 Å². The largest absolute Gasteiger partial charge is 0.352 e. The smallest absolute Gasteiger partial charge is 0.243 e. The molecule has 0 radical (unpaired) electrons. The van der Waals surface area contributed by atoms with Crippen LogP contribution in [0.3, 0.4) is 0 Å². The molecule has 0 fully saturated rings. The molecule has 0 bridgehead atoms. The first-order valence-electron chi connectivity index (χ1n) is 6.93. The van der Waals surface area contributed by atoms with Gasteiger partial charge in [-0.25, -0.2) is 0 Å². The van der Waals surface area contributed by atoms with E-state index < -0.39 is 0 Å². The fourth-order valence-corrected chi connectivity index (χ4v) is 1.85. The van der Waals surface area contributed by atoms with Gasteiger partial charge in [-0.05, 0) is 36.5 Å². The van der Waals surface area contributed by atoms with Gasteiger partial charge in [0, 0.05) is 17.1 Å². The molecule has 0 aliphatic heterocycles. The van der Waals surface area contributed by atoms with Crippen molar-refractivity contribution < 1.29 is 4.79 Å². The first-order chi connectivity index (χ1) is 9.58. The van der Waals surface area contributed by atoms with Crippen molar-refractivity contribution in [2.45, 2.75) is 26.7 Å². The van der Waals surface area contributed by atoms with E-state index in [0.717, 1.165) is 23.9 Å². The molecule has 20 heavy (non-hydrogen) atoms. The van der Waals surface area contributed by atoms with Gasteiger partial charge in [0.05, 0.1) is 0 Å². The molecule has 2 nitrogen and oxygen atoms in total. The Labute approximate surface area is 130 Å². The number of hydrogen-bond donors (Lipinski definition) is 1. The Morgan fingerprint density at radius 2 is 1.95 bits per heavy atom. The van der Waals surface area contributed by atoms with Crippen LogP contribution in [0.5, 0.6) is 0 Å². The molecule has 1 aromatic carbocycles. The molecule has 0 aromatic heterocycles. The van der Waals surface area contributed by atoms with Gasteiger partial charge in [0.15, 0.2) is 0 Å². The lowest BCUT2D eigenvalue weighted by molar-refractivity contribution is -0.116. The monoisotopic (exact) mass is 335 g/mol. The first kappa shape index (κ1) is 16.7. The molecule has 1 amide bonds. The lowest BCUT2D eigenvalue weighted by atomic mass is 10.1. The van der Waals surface area contributed by atoms with Crippen LogP contribution in [0.2, 0.25) is 0 Å². The molecular weight excluding hydrogens is 314 g/mol.